The van der Waals surface area contributed by atoms with E-state index in [2.05, 4.69) is 34.7 Å². The highest BCUT2D eigenvalue weighted by atomic mass is 79.9. The lowest BCUT2D eigenvalue weighted by Gasteiger charge is -2.36. The van der Waals surface area contributed by atoms with Gasteiger partial charge in [-0.15, -0.1) is 0 Å². The topological polar surface area (TPSA) is 23.5 Å². The summed E-state index contributed by atoms with van der Waals surface area (Å²) in [6.45, 7) is 6.80. The summed E-state index contributed by atoms with van der Waals surface area (Å²) in [5, 5.41) is 10.3. The summed E-state index contributed by atoms with van der Waals surface area (Å²) in [7, 11) is 0. The van der Waals surface area contributed by atoms with Crippen LogP contribution in [-0.4, -0.2) is 29.1 Å². The van der Waals surface area contributed by atoms with Crippen molar-refractivity contribution < 1.29 is 5.11 Å². The van der Waals surface area contributed by atoms with Crippen molar-refractivity contribution in [3.05, 3.63) is 34.3 Å². The highest BCUT2D eigenvalue weighted by Gasteiger charge is 2.23. The fourth-order valence-corrected chi connectivity index (χ4v) is 3.53. The molecule has 1 aliphatic rings. The van der Waals surface area contributed by atoms with Gasteiger partial charge in [0.05, 0.1) is 6.10 Å². The molecule has 0 spiro atoms. The van der Waals surface area contributed by atoms with Crippen LogP contribution < -0.4 is 0 Å². The number of rotatable bonds is 4. The van der Waals surface area contributed by atoms with Crippen LogP contribution in [0, 0.1) is 5.92 Å². The van der Waals surface area contributed by atoms with Crippen LogP contribution in [0.3, 0.4) is 0 Å². The largest absolute Gasteiger partial charge is 0.388 e. The minimum atomic E-state index is -0.373. The maximum Gasteiger partial charge on any atom is 0.0813 e. The fraction of sp³-hybridized carbons (Fsp3) is 0.625. The van der Waals surface area contributed by atoms with Crippen LogP contribution in [0.1, 0.15) is 44.8 Å². The van der Waals surface area contributed by atoms with Crippen LogP contribution in [0.5, 0.6) is 0 Å². The molecule has 3 unspecified atom stereocenters. The summed E-state index contributed by atoms with van der Waals surface area (Å²) >= 11 is 3.51. The molecule has 1 aromatic rings. The van der Waals surface area contributed by atoms with Crippen molar-refractivity contribution in [1.29, 1.82) is 0 Å². The first-order valence-corrected chi connectivity index (χ1v) is 8.03. The van der Waals surface area contributed by atoms with Crippen molar-refractivity contribution in [3.8, 4) is 0 Å². The molecule has 1 aliphatic heterocycles. The first-order chi connectivity index (χ1) is 9.08. The fourth-order valence-electron chi connectivity index (χ4n) is 2.98. The SMILES string of the molecule is CC1CCN(CCC(O)c2ccccc2Br)C(C)C1. The Morgan fingerprint density at radius 1 is 1.37 bits per heavy atom. The van der Waals surface area contributed by atoms with Gasteiger partial charge in [0.25, 0.3) is 0 Å². The first-order valence-electron chi connectivity index (χ1n) is 7.24. The highest BCUT2D eigenvalue weighted by Crippen LogP contribution is 2.27. The molecule has 106 valence electrons. The van der Waals surface area contributed by atoms with Gasteiger partial charge in [0.2, 0.25) is 0 Å². The molecule has 19 heavy (non-hydrogen) atoms. The second kappa shape index (κ2) is 6.87. The zero-order valence-corrected chi connectivity index (χ0v) is 13.4. The Balaban J connectivity index is 1.87. The third-order valence-electron chi connectivity index (χ3n) is 4.23. The van der Waals surface area contributed by atoms with E-state index >= 15 is 0 Å². The number of aliphatic hydroxyl groups is 1. The maximum absolute atomic E-state index is 10.3. The molecule has 1 heterocycles. The van der Waals surface area contributed by atoms with Gasteiger partial charge in [-0.2, -0.15) is 0 Å². The number of benzene rings is 1. The van der Waals surface area contributed by atoms with Crippen molar-refractivity contribution in [2.45, 2.75) is 45.3 Å². The number of halogens is 1. The van der Waals surface area contributed by atoms with Crippen molar-refractivity contribution in [1.82, 2.24) is 4.90 Å². The molecule has 3 atom stereocenters. The standard InChI is InChI=1S/C16H24BrNO/c1-12-7-9-18(13(2)11-12)10-8-16(19)14-5-3-4-6-15(14)17/h3-6,12-13,16,19H,7-11H2,1-2H3. The van der Waals surface area contributed by atoms with Gasteiger partial charge >= 0.3 is 0 Å². The van der Waals surface area contributed by atoms with Crippen molar-refractivity contribution in [2.75, 3.05) is 13.1 Å². The molecule has 2 rings (SSSR count). The summed E-state index contributed by atoms with van der Waals surface area (Å²) in [4.78, 5) is 2.51. The molecule has 0 bridgehead atoms. The zero-order valence-electron chi connectivity index (χ0n) is 11.8. The van der Waals surface area contributed by atoms with Crippen LogP contribution in [0.15, 0.2) is 28.7 Å². The van der Waals surface area contributed by atoms with Gasteiger partial charge in [-0.1, -0.05) is 41.1 Å². The Morgan fingerprint density at radius 2 is 2.11 bits per heavy atom. The minimum absolute atomic E-state index is 0.373. The lowest BCUT2D eigenvalue weighted by molar-refractivity contribution is 0.0939. The van der Waals surface area contributed by atoms with Gasteiger partial charge in [-0.05, 0) is 50.3 Å². The third-order valence-corrected chi connectivity index (χ3v) is 4.95. The molecule has 1 fully saturated rings. The van der Waals surface area contributed by atoms with E-state index in [-0.39, 0.29) is 6.10 Å². The van der Waals surface area contributed by atoms with E-state index in [4.69, 9.17) is 0 Å². The average Bonchev–Trinajstić information content (AvgIpc) is 2.38. The number of aliphatic hydroxyl groups excluding tert-OH is 1. The van der Waals surface area contributed by atoms with Gasteiger partial charge in [-0.25, -0.2) is 0 Å². The van der Waals surface area contributed by atoms with Crippen LogP contribution in [-0.2, 0) is 0 Å². The number of piperidine rings is 1. The Morgan fingerprint density at radius 3 is 2.79 bits per heavy atom. The van der Waals surface area contributed by atoms with Crippen molar-refractivity contribution in [3.63, 3.8) is 0 Å². The summed E-state index contributed by atoms with van der Waals surface area (Å²) in [5.41, 5.74) is 1.00. The number of likely N-dealkylation sites (tertiary alicyclic amines) is 1. The summed E-state index contributed by atoms with van der Waals surface area (Å²) in [6, 6.07) is 8.60. The number of nitrogens with zero attached hydrogens (tertiary/aromatic N) is 1. The summed E-state index contributed by atoms with van der Waals surface area (Å²) < 4.78 is 1.00. The van der Waals surface area contributed by atoms with Gasteiger partial charge in [0.1, 0.15) is 0 Å². The van der Waals surface area contributed by atoms with E-state index in [1.807, 2.05) is 24.3 Å². The maximum atomic E-state index is 10.3. The van der Waals surface area contributed by atoms with Crippen LogP contribution in [0.4, 0.5) is 0 Å². The lowest BCUT2D eigenvalue weighted by atomic mass is 9.93. The normalized spacial score (nSPS) is 26.3. The molecule has 0 saturated carbocycles. The predicted octanol–water partition coefficient (Wildman–Crippen LogP) is 3.99. The molecule has 1 aromatic carbocycles. The zero-order chi connectivity index (χ0) is 13.8. The Kier molecular flexibility index (Phi) is 5.43. The molecule has 0 aliphatic carbocycles. The van der Waals surface area contributed by atoms with E-state index < -0.39 is 0 Å². The first kappa shape index (κ1) is 15.0. The van der Waals surface area contributed by atoms with E-state index in [1.165, 1.54) is 19.4 Å². The summed E-state index contributed by atoms with van der Waals surface area (Å²) in [6.07, 6.45) is 3.00. The molecular formula is C16H24BrNO. The van der Waals surface area contributed by atoms with Crippen molar-refractivity contribution in [2.24, 2.45) is 5.92 Å². The Labute approximate surface area is 124 Å². The predicted molar refractivity (Wildman–Crippen MR) is 83.2 cm³/mol. The second-order valence-electron chi connectivity index (χ2n) is 5.84. The molecule has 2 nitrogen and oxygen atoms in total. The van der Waals surface area contributed by atoms with E-state index in [0.717, 1.165) is 28.9 Å². The van der Waals surface area contributed by atoms with Gasteiger partial charge in [0, 0.05) is 17.1 Å². The summed E-state index contributed by atoms with van der Waals surface area (Å²) in [5.74, 6) is 0.847. The van der Waals surface area contributed by atoms with Crippen LogP contribution >= 0.6 is 15.9 Å². The third kappa shape index (κ3) is 4.04. The number of hydrogen-bond donors (Lipinski definition) is 1. The second-order valence-corrected chi connectivity index (χ2v) is 6.69. The molecular weight excluding hydrogens is 302 g/mol. The average molecular weight is 326 g/mol. The molecule has 0 aromatic heterocycles. The molecule has 3 heteroatoms. The Hall–Kier alpha value is -0.380. The molecule has 0 amide bonds. The molecule has 1 N–H and O–H groups in total. The monoisotopic (exact) mass is 325 g/mol. The minimum Gasteiger partial charge on any atom is -0.388 e. The quantitative estimate of drug-likeness (QED) is 0.904. The van der Waals surface area contributed by atoms with Crippen LogP contribution in [0.2, 0.25) is 0 Å². The van der Waals surface area contributed by atoms with E-state index in [9.17, 15) is 5.11 Å². The smallest absolute Gasteiger partial charge is 0.0813 e. The number of hydrogen-bond acceptors (Lipinski definition) is 2. The van der Waals surface area contributed by atoms with Gasteiger partial charge in [0.15, 0.2) is 0 Å². The van der Waals surface area contributed by atoms with E-state index in [1.54, 1.807) is 0 Å². The molecule has 0 radical (unpaired) electrons. The van der Waals surface area contributed by atoms with Crippen LogP contribution in [0.25, 0.3) is 0 Å². The Bertz CT molecular complexity index is 409. The lowest BCUT2D eigenvalue weighted by Crippen LogP contribution is -2.41. The highest BCUT2D eigenvalue weighted by molar-refractivity contribution is 9.10. The van der Waals surface area contributed by atoms with Crippen molar-refractivity contribution >= 4 is 15.9 Å². The molecule has 1 saturated heterocycles. The van der Waals surface area contributed by atoms with Gasteiger partial charge < -0.3 is 10.0 Å². The van der Waals surface area contributed by atoms with E-state index in [0.29, 0.717) is 6.04 Å². The van der Waals surface area contributed by atoms with Gasteiger partial charge in [-0.3, -0.25) is 0 Å².